The number of likely N-dealkylation sites (tertiary alicyclic amines) is 1. The number of carboxylic acid groups (broad SMARTS) is 1. The van der Waals surface area contributed by atoms with Gasteiger partial charge in [0.2, 0.25) is 0 Å². The van der Waals surface area contributed by atoms with Gasteiger partial charge < -0.3 is 20.4 Å². The van der Waals surface area contributed by atoms with Crippen molar-refractivity contribution in [2.75, 3.05) is 18.4 Å². The number of carbonyl (C=O) groups is 2. The average molecular weight is 292 g/mol. The van der Waals surface area contributed by atoms with Crippen LogP contribution in [0.2, 0.25) is 0 Å². The average Bonchev–Trinajstić information content (AvgIpc) is 2.78. The number of nitrogens with zero attached hydrogens (tertiary/aromatic N) is 1. The van der Waals surface area contributed by atoms with Gasteiger partial charge in [-0.05, 0) is 31.4 Å². The Balaban J connectivity index is 2.02. The minimum atomic E-state index is -0.869. The summed E-state index contributed by atoms with van der Waals surface area (Å²) in [6.07, 6.45) is 0.940. The van der Waals surface area contributed by atoms with Crippen molar-refractivity contribution in [1.29, 1.82) is 0 Å². The number of aliphatic hydroxyl groups is 1. The highest BCUT2D eigenvalue weighted by atomic mass is 16.4. The fourth-order valence-corrected chi connectivity index (χ4v) is 2.41. The summed E-state index contributed by atoms with van der Waals surface area (Å²) in [5.74, 6) is -0.869. The van der Waals surface area contributed by atoms with Crippen molar-refractivity contribution in [1.82, 2.24) is 4.90 Å². The summed E-state index contributed by atoms with van der Waals surface area (Å²) in [6.45, 7) is 2.52. The summed E-state index contributed by atoms with van der Waals surface area (Å²) < 4.78 is 0. The van der Waals surface area contributed by atoms with Crippen molar-refractivity contribution in [2.45, 2.75) is 31.8 Å². The van der Waals surface area contributed by atoms with E-state index in [1.54, 1.807) is 30.0 Å². The Bertz CT molecular complexity index is 542. The summed E-state index contributed by atoms with van der Waals surface area (Å²) in [4.78, 5) is 24.4. The smallest absolute Gasteiger partial charge is 0.321 e. The number of urea groups is 1. The summed E-state index contributed by atoms with van der Waals surface area (Å²) in [5, 5.41) is 21.4. The van der Waals surface area contributed by atoms with Crippen LogP contribution in [-0.2, 0) is 11.2 Å². The molecule has 0 spiro atoms. The molecule has 1 aliphatic heterocycles. The molecule has 6 heteroatoms. The highest BCUT2D eigenvalue weighted by molar-refractivity contribution is 5.90. The minimum Gasteiger partial charge on any atom is -0.481 e. The van der Waals surface area contributed by atoms with Crippen LogP contribution in [0.25, 0.3) is 0 Å². The first-order valence-electron chi connectivity index (χ1n) is 6.95. The van der Waals surface area contributed by atoms with Gasteiger partial charge in [-0.15, -0.1) is 0 Å². The number of hydrogen-bond acceptors (Lipinski definition) is 3. The molecule has 1 aliphatic rings. The number of amides is 2. The van der Waals surface area contributed by atoms with Crippen LogP contribution < -0.4 is 5.32 Å². The number of nitrogens with one attached hydrogen (secondary N) is 1. The van der Waals surface area contributed by atoms with Gasteiger partial charge in [-0.3, -0.25) is 4.79 Å². The second-order valence-electron chi connectivity index (χ2n) is 5.65. The summed E-state index contributed by atoms with van der Waals surface area (Å²) in [5.41, 5.74) is 0.578. The van der Waals surface area contributed by atoms with Crippen LogP contribution in [0.5, 0.6) is 0 Å². The van der Waals surface area contributed by atoms with Crippen molar-refractivity contribution in [2.24, 2.45) is 0 Å². The number of carbonyl (C=O) groups excluding carboxylic acids is 1. The van der Waals surface area contributed by atoms with Crippen molar-refractivity contribution in [3.63, 3.8) is 0 Å². The number of para-hydroxylation sites is 1. The van der Waals surface area contributed by atoms with Gasteiger partial charge in [0.15, 0.2) is 0 Å². The van der Waals surface area contributed by atoms with Gasteiger partial charge in [-0.25, -0.2) is 4.79 Å². The maximum absolute atomic E-state index is 12.2. The van der Waals surface area contributed by atoms with Gasteiger partial charge in [-0.2, -0.15) is 0 Å². The third kappa shape index (κ3) is 4.19. The van der Waals surface area contributed by atoms with Gasteiger partial charge in [-0.1, -0.05) is 18.2 Å². The van der Waals surface area contributed by atoms with Gasteiger partial charge >= 0.3 is 12.0 Å². The third-order valence-corrected chi connectivity index (χ3v) is 3.61. The van der Waals surface area contributed by atoms with E-state index >= 15 is 0 Å². The molecule has 1 saturated heterocycles. The van der Waals surface area contributed by atoms with Crippen LogP contribution in [-0.4, -0.2) is 45.8 Å². The molecule has 1 fully saturated rings. The van der Waals surface area contributed by atoms with Crippen molar-refractivity contribution in [3.8, 4) is 0 Å². The summed E-state index contributed by atoms with van der Waals surface area (Å²) >= 11 is 0. The fraction of sp³-hybridized carbons (Fsp3) is 0.467. The van der Waals surface area contributed by atoms with Gasteiger partial charge in [0.1, 0.15) is 0 Å². The lowest BCUT2D eigenvalue weighted by Crippen LogP contribution is -2.36. The number of hydrogen-bond donors (Lipinski definition) is 3. The lowest BCUT2D eigenvalue weighted by molar-refractivity contribution is -0.136. The first-order chi connectivity index (χ1) is 9.87. The van der Waals surface area contributed by atoms with Crippen LogP contribution in [0.3, 0.4) is 0 Å². The van der Waals surface area contributed by atoms with Crippen molar-refractivity contribution < 1.29 is 19.8 Å². The Labute approximate surface area is 123 Å². The lowest BCUT2D eigenvalue weighted by atomic mass is 10.1. The van der Waals surface area contributed by atoms with E-state index in [9.17, 15) is 14.7 Å². The third-order valence-electron chi connectivity index (χ3n) is 3.61. The van der Waals surface area contributed by atoms with Gasteiger partial charge in [0.25, 0.3) is 0 Å². The van der Waals surface area contributed by atoms with Crippen LogP contribution in [0.1, 0.15) is 25.3 Å². The molecule has 1 heterocycles. The number of aliphatic carboxylic acids is 1. The molecule has 6 nitrogen and oxygen atoms in total. The van der Waals surface area contributed by atoms with E-state index in [2.05, 4.69) is 5.32 Å². The van der Waals surface area contributed by atoms with Crippen molar-refractivity contribution >= 4 is 17.7 Å². The standard InChI is InChI=1S/C15H20N2O4/c1-15(21)8-9-17(10-15)14(20)16-12-5-3-2-4-11(12)6-7-13(18)19/h2-5,21H,6-10H2,1H3,(H,16,20)(H,18,19). The van der Waals surface area contributed by atoms with E-state index in [0.29, 0.717) is 31.6 Å². The Morgan fingerprint density at radius 3 is 2.71 bits per heavy atom. The fourth-order valence-electron chi connectivity index (χ4n) is 2.41. The Kier molecular flexibility index (Phi) is 4.47. The van der Waals surface area contributed by atoms with Crippen LogP contribution in [0.4, 0.5) is 10.5 Å². The zero-order valence-corrected chi connectivity index (χ0v) is 12.0. The first kappa shape index (κ1) is 15.3. The number of rotatable bonds is 4. The highest BCUT2D eigenvalue weighted by Gasteiger charge is 2.34. The molecule has 114 valence electrons. The zero-order valence-electron chi connectivity index (χ0n) is 12.0. The number of β-amino-alcohol motifs (C(OH)–C–C–N with tert-alkyl or cyclic N) is 1. The number of carboxylic acids is 1. The molecule has 21 heavy (non-hydrogen) atoms. The molecule has 1 aromatic rings. The molecular weight excluding hydrogens is 272 g/mol. The largest absolute Gasteiger partial charge is 0.481 e. The normalized spacial score (nSPS) is 21.3. The maximum atomic E-state index is 12.2. The second kappa shape index (κ2) is 6.13. The molecule has 0 bridgehead atoms. The van der Waals surface area contributed by atoms with E-state index in [-0.39, 0.29) is 12.5 Å². The Morgan fingerprint density at radius 1 is 1.38 bits per heavy atom. The van der Waals surface area contributed by atoms with Crippen LogP contribution >= 0.6 is 0 Å². The quantitative estimate of drug-likeness (QED) is 0.787. The molecule has 0 aromatic heterocycles. The van der Waals surface area contributed by atoms with Crippen LogP contribution in [0.15, 0.2) is 24.3 Å². The highest BCUT2D eigenvalue weighted by Crippen LogP contribution is 2.22. The molecule has 1 atom stereocenters. The Morgan fingerprint density at radius 2 is 2.10 bits per heavy atom. The predicted molar refractivity (Wildman–Crippen MR) is 78.2 cm³/mol. The molecule has 0 radical (unpaired) electrons. The first-order valence-corrected chi connectivity index (χ1v) is 6.95. The molecule has 2 amide bonds. The van der Waals surface area contributed by atoms with Gasteiger partial charge in [0, 0.05) is 18.7 Å². The van der Waals surface area contributed by atoms with E-state index in [0.717, 1.165) is 5.56 Å². The molecule has 1 unspecified atom stereocenters. The summed E-state index contributed by atoms with van der Waals surface area (Å²) in [6, 6.07) is 6.89. The molecule has 2 rings (SSSR count). The monoisotopic (exact) mass is 292 g/mol. The topological polar surface area (TPSA) is 89.9 Å². The van der Waals surface area contributed by atoms with Crippen LogP contribution in [0, 0.1) is 0 Å². The predicted octanol–water partition coefficient (Wildman–Crippen LogP) is 1.69. The van der Waals surface area contributed by atoms with E-state index < -0.39 is 11.6 Å². The van der Waals surface area contributed by atoms with E-state index in [1.165, 1.54) is 0 Å². The molecular formula is C15H20N2O4. The number of anilines is 1. The molecule has 0 saturated carbocycles. The lowest BCUT2D eigenvalue weighted by Gasteiger charge is -2.20. The molecule has 0 aliphatic carbocycles. The maximum Gasteiger partial charge on any atom is 0.321 e. The van der Waals surface area contributed by atoms with Gasteiger partial charge in [0.05, 0.1) is 12.1 Å². The van der Waals surface area contributed by atoms with Crippen molar-refractivity contribution in [3.05, 3.63) is 29.8 Å². The van der Waals surface area contributed by atoms with E-state index in [4.69, 9.17) is 5.11 Å². The SMILES string of the molecule is CC1(O)CCN(C(=O)Nc2ccccc2CCC(=O)O)C1. The minimum absolute atomic E-state index is 0.0192. The molecule has 3 N–H and O–H groups in total. The Hall–Kier alpha value is -2.08. The number of aryl methyl sites for hydroxylation is 1. The number of benzene rings is 1. The molecule has 1 aromatic carbocycles. The van der Waals surface area contributed by atoms with E-state index in [1.807, 2.05) is 6.07 Å². The summed E-state index contributed by atoms with van der Waals surface area (Å²) in [7, 11) is 0. The second-order valence-corrected chi connectivity index (χ2v) is 5.65. The zero-order chi connectivity index (χ0) is 15.5.